The van der Waals surface area contributed by atoms with Crippen molar-refractivity contribution in [3.8, 4) is 0 Å². The number of rotatable bonds is 12. The van der Waals surface area contributed by atoms with Crippen LogP contribution in [0.3, 0.4) is 0 Å². The summed E-state index contributed by atoms with van der Waals surface area (Å²) in [6.07, 6.45) is 2.71. The van der Waals surface area contributed by atoms with Gasteiger partial charge in [0.2, 0.25) is 5.91 Å². The highest BCUT2D eigenvalue weighted by molar-refractivity contribution is 5.84. The number of methoxy groups -OCH3 is 1. The number of nitrogens with zero attached hydrogens (tertiary/aromatic N) is 4. The number of ether oxygens (including phenoxy) is 1. The molecule has 0 saturated heterocycles. The zero-order valence-electron chi connectivity index (χ0n) is 21.0. The van der Waals surface area contributed by atoms with E-state index in [-0.39, 0.29) is 18.5 Å². The second kappa shape index (κ2) is 13.3. The van der Waals surface area contributed by atoms with Gasteiger partial charge in [0, 0.05) is 59.3 Å². The van der Waals surface area contributed by atoms with Gasteiger partial charge in [0.25, 0.3) is 0 Å². The molecule has 0 atom stereocenters. The quantitative estimate of drug-likeness (QED) is 0.370. The van der Waals surface area contributed by atoms with Crippen molar-refractivity contribution in [2.45, 2.75) is 26.1 Å². The Bertz CT molecular complexity index is 1050. The second-order valence-corrected chi connectivity index (χ2v) is 8.79. The number of carbonyl (C=O) groups excluding carboxylic acids is 2. The Hall–Kier alpha value is -3.58. The van der Waals surface area contributed by atoms with Crippen molar-refractivity contribution in [2.24, 2.45) is 0 Å². The monoisotopic (exact) mass is 476 g/mol. The first-order chi connectivity index (χ1) is 17.0. The normalized spacial score (nSPS) is 10.7. The predicted molar refractivity (Wildman–Crippen MR) is 138 cm³/mol. The molecule has 0 radical (unpaired) electrons. The van der Waals surface area contributed by atoms with Gasteiger partial charge in [0.05, 0.1) is 6.54 Å². The lowest BCUT2D eigenvalue weighted by atomic mass is 10.2. The van der Waals surface area contributed by atoms with E-state index in [1.165, 1.54) is 10.5 Å². The number of amides is 3. The first-order valence-electron chi connectivity index (χ1n) is 11.9. The SMILES string of the molecule is COCCCN(CC(=O)N(Cc1ccccc1)Cc1cccn1Cc1ccccc1)C(=O)N(C)C. The highest BCUT2D eigenvalue weighted by Gasteiger charge is 2.23. The summed E-state index contributed by atoms with van der Waals surface area (Å²) in [7, 11) is 5.04. The molecule has 3 rings (SSSR count). The van der Waals surface area contributed by atoms with Crippen molar-refractivity contribution in [1.82, 2.24) is 19.3 Å². The van der Waals surface area contributed by atoms with Crippen LogP contribution < -0.4 is 0 Å². The van der Waals surface area contributed by atoms with E-state index in [0.717, 1.165) is 17.8 Å². The van der Waals surface area contributed by atoms with Crippen LogP contribution in [-0.2, 0) is 29.2 Å². The van der Waals surface area contributed by atoms with E-state index in [1.54, 1.807) is 26.1 Å². The minimum atomic E-state index is -0.179. The third-order valence-electron chi connectivity index (χ3n) is 5.80. The fraction of sp³-hybridized carbons (Fsp3) is 0.357. The third-order valence-corrected chi connectivity index (χ3v) is 5.80. The van der Waals surface area contributed by atoms with Crippen LogP contribution in [0.4, 0.5) is 4.79 Å². The Balaban J connectivity index is 1.79. The van der Waals surface area contributed by atoms with Crippen molar-refractivity contribution in [3.63, 3.8) is 0 Å². The summed E-state index contributed by atoms with van der Waals surface area (Å²) in [6, 6.07) is 24.1. The van der Waals surface area contributed by atoms with Crippen LogP contribution >= 0.6 is 0 Å². The van der Waals surface area contributed by atoms with Gasteiger partial charge in [-0.05, 0) is 29.7 Å². The highest BCUT2D eigenvalue weighted by Crippen LogP contribution is 2.14. The molecule has 0 spiro atoms. The molecule has 0 aliphatic carbocycles. The summed E-state index contributed by atoms with van der Waals surface area (Å²) in [4.78, 5) is 31.3. The minimum absolute atomic E-state index is 0.0208. The van der Waals surface area contributed by atoms with E-state index in [2.05, 4.69) is 22.8 Å². The number of urea groups is 1. The lowest BCUT2D eigenvalue weighted by Crippen LogP contribution is -2.46. The lowest BCUT2D eigenvalue weighted by Gasteiger charge is -2.30. The topological polar surface area (TPSA) is 58.0 Å². The zero-order valence-corrected chi connectivity index (χ0v) is 21.0. The molecule has 3 aromatic rings. The smallest absolute Gasteiger partial charge is 0.319 e. The summed E-state index contributed by atoms with van der Waals surface area (Å²) < 4.78 is 7.31. The average molecular weight is 477 g/mol. The summed E-state index contributed by atoms with van der Waals surface area (Å²) in [5.74, 6) is -0.0890. The fourth-order valence-corrected chi connectivity index (χ4v) is 3.95. The predicted octanol–water partition coefficient (Wildman–Crippen LogP) is 4.09. The van der Waals surface area contributed by atoms with Crippen molar-refractivity contribution >= 4 is 11.9 Å². The van der Waals surface area contributed by atoms with E-state index in [4.69, 9.17) is 4.74 Å². The molecule has 0 saturated carbocycles. The molecule has 2 aromatic carbocycles. The third kappa shape index (κ3) is 8.00. The Morgan fingerprint density at radius 2 is 1.49 bits per heavy atom. The Labute approximate surface area is 208 Å². The van der Waals surface area contributed by atoms with Crippen LogP contribution in [-0.4, -0.2) is 72.1 Å². The Morgan fingerprint density at radius 1 is 0.829 bits per heavy atom. The van der Waals surface area contributed by atoms with E-state index >= 15 is 0 Å². The average Bonchev–Trinajstić information content (AvgIpc) is 3.30. The van der Waals surface area contributed by atoms with Crippen LogP contribution in [0.15, 0.2) is 79.0 Å². The van der Waals surface area contributed by atoms with Crippen LogP contribution in [0.25, 0.3) is 0 Å². The number of benzene rings is 2. The van der Waals surface area contributed by atoms with Gasteiger partial charge in [-0.1, -0.05) is 60.7 Å². The molecular weight excluding hydrogens is 440 g/mol. The molecule has 3 amide bonds. The highest BCUT2D eigenvalue weighted by atomic mass is 16.5. The number of hydrogen-bond acceptors (Lipinski definition) is 3. The first-order valence-corrected chi connectivity index (χ1v) is 11.9. The summed E-state index contributed by atoms with van der Waals surface area (Å²) in [5.41, 5.74) is 3.29. The molecule has 35 heavy (non-hydrogen) atoms. The largest absolute Gasteiger partial charge is 0.385 e. The van der Waals surface area contributed by atoms with Crippen LogP contribution in [0.2, 0.25) is 0 Å². The Kier molecular flexibility index (Phi) is 9.93. The molecule has 0 bridgehead atoms. The number of aromatic nitrogens is 1. The molecule has 0 aliphatic heterocycles. The van der Waals surface area contributed by atoms with Crippen LogP contribution in [0.5, 0.6) is 0 Å². The molecule has 7 nitrogen and oxygen atoms in total. The maximum atomic E-state index is 13.6. The maximum Gasteiger partial charge on any atom is 0.319 e. The summed E-state index contributed by atoms with van der Waals surface area (Å²) >= 11 is 0. The molecule has 1 aromatic heterocycles. The Morgan fingerprint density at radius 3 is 2.11 bits per heavy atom. The van der Waals surface area contributed by atoms with E-state index < -0.39 is 0 Å². The number of carbonyl (C=O) groups is 2. The molecular formula is C28H36N4O3. The fourth-order valence-electron chi connectivity index (χ4n) is 3.95. The van der Waals surface area contributed by atoms with Crippen molar-refractivity contribution in [3.05, 3.63) is 95.8 Å². The number of hydrogen-bond donors (Lipinski definition) is 0. The van der Waals surface area contributed by atoms with Gasteiger partial charge in [-0.15, -0.1) is 0 Å². The van der Waals surface area contributed by atoms with E-state index in [0.29, 0.717) is 32.7 Å². The van der Waals surface area contributed by atoms with Crippen molar-refractivity contribution < 1.29 is 14.3 Å². The first kappa shape index (κ1) is 26.0. The van der Waals surface area contributed by atoms with Crippen molar-refractivity contribution in [2.75, 3.05) is 40.9 Å². The molecule has 186 valence electrons. The van der Waals surface area contributed by atoms with E-state index in [1.807, 2.05) is 65.7 Å². The van der Waals surface area contributed by atoms with Gasteiger partial charge in [-0.3, -0.25) is 4.79 Å². The van der Waals surface area contributed by atoms with Gasteiger partial charge in [0.15, 0.2) is 0 Å². The molecule has 0 N–H and O–H groups in total. The molecule has 1 heterocycles. The molecule has 7 heteroatoms. The second-order valence-electron chi connectivity index (χ2n) is 8.79. The lowest BCUT2D eigenvalue weighted by molar-refractivity contribution is -0.133. The van der Waals surface area contributed by atoms with Crippen LogP contribution in [0, 0.1) is 0 Å². The van der Waals surface area contributed by atoms with Gasteiger partial charge in [0.1, 0.15) is 6.54 Å². The van der Waals surface area contributed by atoms with Crippen molar-refractivity contribution in [1.29, 1.82) is 0 Å². The van der Waals surface area contributed by atoms with Gasteiger partial charge in [-0.25, -0.2) is 4.79 Å². The molecule has 0 aliphatic rings. The maximum absolute atomic E-state index is 13.6. The summed E-state index contributed by atoms with van der Waals surface area (Å²) in [6.45, 7) is 2.67. The summed E-state index contributed by atoms with van der Waals surface area (Å²) in [5, 5.41) is 0. The van der Waals surface area contributed by atoms with Crippen LogP contribution in [0.1, 0.15) is 23.2 Å². The van der Waals surface area contributed by atoms with Gasteiger partial charge < -0.3 is 24.0 Å². The van der Waals surface area contributed by atoms with E-state index in [9.17, 15) is 9.59 Å². The van der Waals surface area contributed by atoms with Gasteiger partial charge >= 0.3 is 6.03 Å². The minimum Gasteiger partial charge on any atom is -0.385 e. The zero-order chi connectivity index (χ0) is 25.0. The standard InChI is InChI=1S/C28H36N4O3/c1-29(2)28(34)31(18-11-19-35-3)23-27(33)32(21-25-14-8-5-9-15-25)22-26-16-10-17-30(26)20-24-12-6-4-7-13-24/h4-10,12-17H,11,18-23H2,1-3H3. The molecule has 0 unspecified atom stereocenters. The van der Waals surface area contributed by atoms with Gasteiger partial charge in [-0.2, -0.15) is 0 Å². The molecule has 0 fully saturated rings.